The number of carbonyl (C=O) groups is 1. The SMILES string of the molecule is CC(C=C(C#N)C(=O)O)(c1ccccc1)c1ccccc1. The Morgan fingerprint density at radius 3 is 1.81 bits per heavy atom. The first-order valence-electron chi connectivity index (χ1n) is 6.55. The summed E-state index contributed by atoms with van der Waals surface area (Å²) in [6.07, 6.45) is 1.51. The highest BCUT2D eigenvalue weighted by Gasteiger charge is 2.28. The second-order valence-electron chi connectivity index (χ2n) is 4.91. The van der Waals surface area contributed by atoms with E-state index in [1.807, 2.05) is 67.6 Å². The lowest BCUT2D eigenvalue weighted by Gasteiger charge is -2.27. The van der Waals surface area contributed by atoms with Gasteiger partial charge in [-0.1, -0.05) is 60.7 Å². The minimum absolute atomic E-state index is 0.259. The van der Waals surface area contributed by atoms with Crippen LogP contribution in [0.15, 0.2) is 72.3 Å². The average molecular weight is 277 g/mol. The second kappa shape index (κ2) is 6.06. The molecule has 2 rings (SSSR count). The zero-order valence-corrected chi connectivity index (χ0v) is 11.7. The van der Waals surface area contributed by atoms with E-state index in [0.717, 1.165) is 11.1 Å². The summed E-state index contributed by atoms with van der Waals surface area (Å²) in [6, 6.07) is 20.9. The Bertz CT molecular complexity index is 658. The van der Waals surface area contributed by atoms with Crippen LogP contribution in [0.4, 0.5) is 0 Å². The van der Waals surface area contributed by atoms with Gasteiger partial charge in [0.1, 0.15) is 11.6 Å². The number of nitrogens with zero attached hydrogens (tertiary/aromatic N) is 1. The molecule has 3 heteroatoms. The maximum absolute atomic E-state index is 11.2. The number of nitriles is 1. The van der Waals surface area contributed by atoms with Crippen LogP contribution in [-0.4, -0.2) is 11.1 Å². The number of benzene rings is 2. The molecule has 0 aliphatic heterocycles. The molecule has 0 saturated carbocycles. The molecule has 0 atom stereocenters. The second-order valence-corrected chi connectivity index (χ2v) is 4.91. The molecular weight excluding hydrogens is 262 g/mol. The molecular formula is C18H15NO2. The topological polar surface area (TPSA) is 61.1 Å². The molecule has 0 bridgehead atoms. The molecule has 0 spiro atoms. The predicted molar refractivity (Wildman–Crippen MR) is 80.7 cm³/mol. The number of aliphatic carboxylic acids is 1. The largest absolute Gasteiger partial charge is 0.477 e. The molecule has 0 heterocycles. The van der Waals surface area contributed by atoms with Crippen LogP contribution in [0, 0.1) is 11.3 Å². The minimum atomic E-state index is -1.21. The number of rotatable bonds is 4. The van der Waals surface area contributed by atoms with Gasteiger partial charge < -0.3 is 5.11 Å². The lowest BCUT2D eigenvalue weighted by molar-refractivity contribution is -0.132. The first-order valence-corrected chi connectivity index (χ1v) is 6.55. The van der Waals surface area contributed by atoms with Crippen LogP contribution >= 0.6 is 0 Å². The van der Waals surface area contributed by atoms with E-state index in [9.17, 15) is 4.79 Å². The van der Waals surface area contributed by atoms with Crippen LogP contribution < -0.4 is 0 Å². The first kappa shape index (κ1) is 14.5. The van der Waals surface area contributed by atoms with E-state index >= 15 is 0 Å². The minimum Gasteiger partial charge on any atom is -0.477 e. The summed E-state index contributed by atoms with van der Waals surface area (Å²) in [4.78, 5) is 11.2. The monoisotopic (exact) mass is 277 g/mol. The van der Waals surface area contributed by atoms with Gasteiger partial charge in [-0.2, -0.15) is 5.26 Å². The zero-order chi connectivity index (χ0) is 15.3. The van der Waals surface area contributed by atoms with E-state index in [1.165, 1.54) is 6.08 Å². The summed E-state index contributed by atoms with van der Waals surface area (Å²) in [5.74, 6) is -1.21. The number of carboxylic acids is 1. The van der Waals surface area contributed by atoms with E-state index in [1.54, 1.807) is 6.07 Å². The van der Waals surface area contributed by atoms with Crippen LogP contribution in [0.1, 0.15) is 18.1 Å². The normalized spacial score (nSPS) is 11.7. The molecule has 21 heavy (non-hydrogen) atoms. The summed E-state index contributed by atoms with van der Waals surface area (Å²) in [5.41, 5.74) is 0.937. The molecule has 3 nitrogen and oxygen atoms in total. The Labute approximate surface area is 123 Å². The van der Waals surface area contributed by atoms with Gasteiger partial charge in [-0.15, -0.1) is 0 Å². The number of allylic oxidation sites excluding steroid dienone is 1. The fourth-order valence-electron chi connectivity index (χ4n) is 2.33. The summed E-state index contributed by atoms with van der Waals surface area (Å²) < 4.78 is 0. The van der Waals surface area contributed by atoms with Crippen molar-refractivity contribution in [3.05, 3.63) is 83.4 Å². The smallest absolute Gasteiger partial charge is 0.346 e. The van der Waals surface area contributed by atoms with Gasteiger partial charge in [-0.25, -0.2) is 4.79 Å². The molecule has 0 amide bonds. The lowest BCUT2D eigenvalue weighted by atomic mass is 9.75. The molecule has 0 fully saturated rings. The van der Waals surface area contributed by atoms with Crippen molar-refractivity contribution < 1.29 is 9.90 Å². The highest BCUT2D eigenvalue weighted by Crippen LogP contribution is 2.34. The summed E-state index contributed by atoms with van der Waals surface area (Å²) in [7, 11) is 0. The zero-order valence-electron chi connectivity index (χ0n) is 11.7. The Morgan fingerprint density at radius 1 is 1.05 bits per heavy atom. The predicted octanol–water partition coefficient (Wildman–Crippen LogP) is 3.53. The number of carboxylic acid groups (broad SMARTS) is 1. The summed E-state index contributed by atoms with van der Waals surface area (Å²) in [5, 5.41) is 18.2. The van der Waals surface area contributed by atoms with E-state index < -0.39 is 11.4 Å². The van der Waals surface area contributed by atoms with Gasteiger partial charge in [-0.05, 0) is 24.1 Å². The average Bonchev–Trinajstić information content (AvgIpc) is 2.53. The standard InChI is InChI=1S/C18H15NO2/c1-18(12-14(13-19)17(20)21,15-8-4-2-5-9-15)16-10-6-3-7-11-16/h2-12H,1H3,(H,20,21). The van der Waals surface area contributed by atoms with Gasteiger partial charge in [0.15, 0.2) is 0 Å². The molecule has 0 aliphatic rings. The molecule has 0 unspecified atom stereocenters. The molecule has 2 aromatic rings. The van der Waals surface area contributed by atoms with Crippen LogP contribution in [0.2, 0.25) is 0 Å². The maximum Gasteiger partial charge on any atom is 0.346 e. The highest BCUT2D eigenvalue weighted by molar-refractivity contribution is 5.91. The van der Waals surface area contributed by atoms with Crippen LogP contribution in [0.3, 0.4) is 0 Å². The molecule has 1 N–H and O–H groups in total. The van der Waals surface area contributed by atoms with Gasteiger partial charge in [0, 0.05) is 5.41 Å². The molecule has 0 aromatic heterocycles. The van der Waals surface area contributed by atoms with Crippen LogP contribution in [-0.2, 0) is 10.2 Å². The highest BCUT2D eigenvalue weighted by atomic mass is 16.4. The molecule has 104 valence electrons. The number of hydrogen-bond donors (Lipinski definition) is 1. The van der Waals surface area contributed by atoms with Crippen molar-refractivity contribution in [2.24, 2.45) is 0 Å². The van der Waals surface area contributed by atoms with Gasteiger partial charge in [0.2, 0.25) is 0 Å². The third-order valence-electron chi connectivity index (χ3n) is 3.53. The quantitative estimate of drug-likeness (QED) is 0.687. The lowest BCUT2D eigenvalue weighted by Crippen LogP contribution is -2.22. The van der Waals surface area contributed by atoms with Crippen molar-refractivity contribution in [2.75, 3.05) is 0 Å². The van der Waals surface area contributed by atoms with E-state index in [0.29, 0.717) is 0 Å². The van der Waals surface area contributed by atoms with Gasteiger partial charge in [0.05, 0.1) is 0 Å². The van der Waals surface area contributed by atoms with Crippen molar-refractivity contribution in [3.63, 3.8) is 0 Å². The molecule has 0 radical (unpaired) electrons. The fraction of sp³-hybridized carbons (Fsp3) is 0.111. The summed E-state index contributed by atoms with van der Waals surface area (Å²) >= 11 is 0. The van der Waals surface area contributed by atoms with Crippen molar-refractivity contribution in [1.82, 2.24) is 0 Å². The van der Waals surface area contributed by atoms with Gasteiger partial charge in [-0.3, -0.25) is 0 Å². The molecule has 0 aliphatic carbocycles. The van der Waals surface area contributed by atoms with Gasteiger partial charge >= 0.3 is 5.97 Å². The van der Waals surface area contributed by atoms with Crippen molar-refractivity contribution in [3.8, 4) is 6.07 Å². The Hall–Kier alpha value is -2.86. The third kappa shape index (κ3) is 3.01. The van der Waals surface area contributed by atoms with Crippen molar-refractivity contribution >= 4 is 5.97 Å². The Balaban J connectivity index is 2.67. The van der Waals surface area contributed by atoms with E-state index in [2.05, 4.69) is 0 Å². The third-order valence-corrected chi connectivity index (χ3v) is 3.53. The maximum atomic E-state index is 11.2. The van der Waals surface area contributed by atoms with Crippen LogP contribution in [0.25, 0.3) is 0 Å². The Kier molecular flexibility index (Phi) is 4.20. The fourth-order valence-corrected chi connectivity index (χ4v) is 2.33. The van der Waals surface area contributed by atoms with Gasteiger partial charge in [0.25, 0.3) is 0 Å². The van der Waals surface area contributed by atoms with E-state index in [4.69, 9.17) is 10.4 Å². The Morgan fingerprint density at radius 2 is 1.48 bits per heavy atom. The van der Waals surface area contributed by atoms with Crippen molar-refractivity contribution in [2.45, 2.75) is 12.3 Å². The van der Waals surface area contributed by atoms with Crippen molar-refractivity contribution in [1.29, 1.82) is 5.26 Å². The van der Waals surface area contributed by atoms with E-state index in [-0.39, 0.29) is 5.57 Å². The summed E-state index contributed by atoms with van der Waals surface area (Å²) in [6.45, 7) is 1.91. The number of hydrogen-bond acceptors (Lipinski definition) is 2. The van der Waals surface area contributed by atoms with Crippen LogP contribution in [0.5, 0.6) is 0 Å². The molecule has 0 saturated heterocycles. The molecule has 2 aromatic carbocycles. The first-order chi connectivity index (χ1) is 10.1.